The molecular formula is C24H29N3O3S. The van der Waals surface area contributed by atoms with Crippen molar-refractivity contribution in [2.45, 2.75) is 57.6 Å². The van der Waals surface area contributed by atoms with Crippen LogP contribution < -0.4 is 5.56 Å². The fourth-order valence-electron chi connectivity index (χ4n) is 4.23. The second kappa shape index (κ2) is 8.93. The van der Waals surface area contributed by atoms with Crippen molar-refractivity contribution in [1.82, 2.24) is 14.5 Å². The predicted molar refractivity (Wildman–Crippen MR) is 123 cm³/mol. The number of hydrogen-bond donors (Lipinski definition) is 1. The summed E-state index contributed by atoms with van der Waals surface area (Å²) in [6, 6.07) is 12.0. The number of aromatic nitrogens is 2. The van der Waals surface area contributed by atoms with Gasteiger partial charge in [0.25, 0.3) is 5.56 Å². The van der Waals surface area contributed by atoms with E-state index in [2.05, 4.69) is 18.8 Å². The van der Waals surface area contributed by atoms with E-state index in [1.165, 1.54) is 10.9 Å². The largest absolute Gasteiger partial charge is 0.388 e. The van der Waals surface area contributed by atoms with Crippen molar-refractivity contribution in [2.24, 2.45) is 0 Å². The number of carbonyl (C=O) groups excluding carboxylic acids is 1. The molecule has 0 aliphatic carbocycles. The van der Waals surface area contributed by atoms with Crippen LogP contribution in [-0.2, 0) is 17.8 Å². The Kier molecular flexibility index (Phi) is 6.25. The van der Waals surface area contributed by atoms with Crippen molar-refractivity contribution in [3.63, 3.8) is 0 Å². The molecule has 164 valence electrons. The average Bonchev–Trinajstić information content (AvgIpc) is 3.21. The molecule has 1 N–H and O–H groups in total. The molecule has 0 saturated carbocycles. The normalized spacial score (nSPS) is 17.1. The van der Waals surface area contributed by atoms with E-state index < -0.39 is 5.60 Å². The first kappa shape index (κ1) is 21.7. The molecule has 1 atom stereocenters. The number of benzene rings is 1. The van der Waals surface area contributed by atoms with E-state index in [9.17, 15) is 14.7 Å². The lowest BCUT2D eigenvalue weighted by Gasteiger charge is -2.38. The summed E-state index contributed by atoms with van der Waals surface area (Å²) in [5.74, 6) is 0.272. The summed E-state index contributed by atoms with van der Waals surface area (Å²) in [5.41, 5.74) is 0.0424. The summed E-state index contributed by atoms with van der Waals surface area (Å²) in [7, 11) is 0. The Morgan fingerprint density at radius 3 is 2.65 bits per heavy atom. The van der Waals surface area contributed by atoms with Crippen LogP contribution in [0.5, 0.6) is 0 Å². The minimum absolute atomic E-state index is 0.107. The fraction of sp³-hybridized carbons (Fsp3) is 0.458. The molecule has 3 heterocycles. The highest BCUT2D eigenvalue weighted by molar-refractivity contribution is 7.18. The number of fused-ring (bicyclic) bond motifs is 1. The van der Waals surface area contributed by atoms with E-state index in [4.69, 9.17) is 0 Å². The molecule has 1 amide bonds. The fourth-order valence-corrected chi connectivity index (χ4v) is 5.16. The highest BCUT2D eigenvalue weighted by Gasteiger charge is 2.35. The van der Waals surface area contributed by atoms with E-state index in [0.717, 1.165) is 21.7 Å². The highest BCUT2D eigenvalue weighted by Crippen LogP contribution is 2.27. The zero-order valence-electron chi connectivity index (χ0n) is 18.1. The molecule has 0 bridgehead atoms. The highest BCUT2D eigenvalue weighted by atomic mass is 32.1. The third-order valence-corrected chi connectivity index (χ3v) is 7.47. The SMILES string of the molecule is CCc1cc2c(=O)n(CC3(O)CCN(C(=O)CC(C)c4ccccc4)CC3)cnc2s1. The molecule has 6 nitrogen and oxygen atoms in total. The molecule has 1 aromatic carbocycles. The van der Waals surface area contributed by atoms with Crippen molar-refractivity contribution in [3.05, 3.63) is 63.5 Å². The maximum atomic E-state index is 12.9. The van der Waals surface area contributed by atoms with Gasteiger partial charge >= 0.3 is 0 Å². The standard InChI is InChI=1S/C24H29N3O3S/c1-3-19-14-20-22(31-19)25-16-27(23(20)29)15-24(30)9-11-26(12-10-24)21(28)13-17(2)18-7-5-4-6-8-18/h4-8,14,16-17,30H,3,9-13,15H2,1-2H3. The molecule has 1 fully saturated rings. The molecule has 7 heteroatoms. The van der Waals surface area contributed by atoms with Crippen LogP contribution in [0.15, 0.2) is 47.5 Å². The van der Waals surface area contributed by atoms with Crippen LogP contribution >= 0.6 is 11.3 Å². The number of carbonyl (C=O) groups is 1. The molecule has 2 aromatic heterocycles. The summed E-state index contributed by atoms with van der Waals surface area (Å²) in [6.45, 7) is 5.33. The van der Waals surface area contributed by atoms with Crippen LogP contribution in [0.2, 0.25) is 0 Å². The molecule has 1 aliphatic rings. The quantitative estimate of drug-likeness (QED) is 0.637. The number of likely N-dealkylation sites (tertiary alicyclic amines) is 1. The predicted octanol–water partition coefficient (Wildman–Crippen LogP) is 3.57. The third-order valence-electron chi connectivity index (χ3n) is 6.28. The van der Waals surface area contributed by atoms with Gasteiger partial charge in [0.15, 0.2) is 0 Å². The summed E-state index contributed by atoms with van der Waals surface area (Å²) >= 11 is 1.54. The summed E-state index contributed by atoms with van der Waals surface area (Å²) < 4.78 is 1.52. The second-order valence-electron chi connectivity index (χ2n) is 8.58. The Morgan fingerprint density at radius 1 is 1.26 bits per heavy atom. The Morgan fingerprint density at radius 2 is 1.97 bits per heavy atom. The van der Waals surface area contributed by atoms with E-state index in [-0.39, 0.29) is 23.9 Å². The number of piperidine rings is 1. The van der Waals surface area contributed by atoms with Crippen molar-refractivity contribution in [3.8, 4) is 0 Å². The zero-order valence-corrected chi connectivity index (χ0v) is 18.9. The maximum Gasteiger partial charge on any atom is 0.262 e. The van der Waals surface area contributed by atoms with E-state index in [1.54, 1.807) is 11.3 Å². The second-order valence-corrected chi connectivity index (χ2v) is 9.70. The molecule has 0 radical (unpaired) electrons. The van der Waals surface area contributed by atoms with Gasteiger partial charge in [-0.3, -0.25) is 14.2 Å². The van der Waals surface area contributed by atoms with Crippen LogP contribution in [0.4, 0.5) is 0 Å². The minimum atomic E-state index is -1.01. The molecule has 31 heavy (non-hydrogen) atoms. The van der Waals surface area contributed by atoms with Crippen molar-refractivity contribution >= 4 is 27.5 Å². The molecular weight excluding hydrogens is 410 g/mol. The van der Waals surface area contributed by atoms with Gasteiger partial charge in [-0.15, -0.1) is 11.3 Å². The number of amides is 1. The number of aryl methyl sites for hydroxylation is 1. The van der Waals surface area contributed by atoms with E-state index in [1.807, 2.05) is 41.3 Å². The third kappa shape index (κ3) is 4.72. The van der Waals surface area contributed by atoms with Crippen molar-refractivity contribution in [2.75, 3.05) is 13.1 Å². The number of thiophene rings is 1. The molecule has 0 spiro atoms. The van der Waals surface area contributed by atoms with Crippen molar-refractivity contribution in [1.29, 1.82) is 0 Å². The molecule has 1 aliphatic heterocycles. The van der Waals surface area contributed by atoms with Gasteiger partial charge in [0, 0.05) is 24.4 Å². The first-order valence-corrected chi connectivity index (χ1v) is 11.7. The lowest BCUT2D eigenvalue weighted by molar-refractivity contribution is -0.136. The smallest absolute Gasteiger partial charge is 0.262 e. The first-order valence-electron chi connectivity index (χ1n) is 10.9. The first-order chi connectivity index (χ1) is 14.9. The van der Waals surface area contributed by atoms with Gasteiger partial charge in [-0.2, -0.15) is 0 Å². The molecule has 4 rings (SSSR count). The maximum absolute atomic E-state index is 12.9. The van der Waals surface area contributed by atoms with E-state index in [0.29, 0.717) is 37.7 Å². The van der Waals surface area contributed by atoms with Crippen LogP contribution in [0.25, 0.3) is 10.2 Å². The lowest BCUT2D eigenvalue weighted by Crippen LogP contribution is -2.49. The number of hydrogen-bond acceptors (Lipinski definition) is 5. The van der Waals surface area contributed by atoms with Crippen LogP contribution in [0.1, 0.15) is 49.5 Å². The summed E-state index contributed by atoms with van der Waals surface area (Å²) in [6.07, 6.45) is 3.77. The van der Waals surface area contributed by atoms with Crippen molar-refractivity contribution < 1.29 is 9.90 Å². The average molecular weight is 440 g/mol. The van der Waals surface area contributed by atoms with Crippen LogP contribution in [0, 0.1) is 0 Å². The van der Waals surface area contributed by atoms with E-state index >= 15 is 0 Å². The molecule has 1 saturated heterocycles. The Bertz CT molecular complexity index is 1110. The van der Waals surface area contributed by atoms with Gasteiger partial charge in [0.05, 0.1) is 23.9 Å². The van der Waals surface area contributed by atoms with Crippen LogP contribution in [-0.4, -0.2) is 44.2 Å². The van der Waals surface area contributed by atoms with Gasteiger partial charge in [0.2, 0.25) is 5.91 Å². The van der Waals surface area contributed by atoms with Gasteiger partial charge in [0.1, 0.15) is 4.83 Å². The van der Waals surface area contributed by atoms with Gasteiger partial charge < -0.3 is 10.0 Å². The lowest BCUT2D eigenvalue weighted by atomic mass is 9.90. The summed E-state index contributed by atoms with van der Waals surface area (Å²) in [4.78, 5) is 33.8. The molecule has 3 aromatic rings. The molecule has 1 unspecified atom stereocenters. The zero-order chi connectivity index (χ0) is 22.0. The summed E-state index contributed by atoms with van der Waals surface area (Å²) in [5, 5.41) is 11.7. The number of nitrogens with zero attached hydrogens (tertiary/aromatic N) is 3. The minimum Gasteiger partial charge on any atom is -0.388 e. The van der Waals surface area contributed by atoms with Gasteiger partial charge in [-0.25, -0.2) is 4.98 Å². The Balaban J connectivity index is 1.38. The number of aliphatic hydroxyl groups is 1. The Labute approximate surface area is 186 Å². The van der Waals surface area contributed by atoms with Gasteiger partial charge in [-0.05, 0) is 36.8 Å². The van der Waals surface area contributed by atoms with Crippen LogP contribution in [0.3, 0.4) is 0 Å². The van der Waals surface area contributed by atoms with Gasteiger partial charge in [-0.1, -0.05) is 44.2 Å². The Hall–Kier alpha value is -2.51. The monoisotopic (exact) mass is 439 g/mol. The number of rotatable bonds is 6. The topological polar surface area (TPSA) is 75.4 Å².